The number of hydrogen-bond acceptors (Lipinski definition) is 5. The first kappa shape index (κ1) is 13.1. The number of carbonyl (C=O) groups is 2. The summed E-state index contributed by atoms with van der Waals surface area (Å²) < 4.78 is 21.3. The second kappa shape index (κ2) is 5.09. The summed E-state index contributed by atoms with van der Waals surface area (Å²) in [6.45, 7) is 0. The molecule has 0 heterocycles. The SMILES string of the molecule is CNC(=O)C(=O)N(C)P(=O)(OC)OC. The lowest BCUT2D eigenvalue weighted by atomic mass is 10.6. The van der Waals surface area contributed by atoms with E-state index in [-0.39, 0.29) is 0 Å². The Hall–Kier alpha value is -0.910. The van der Waals surface area contributed by atoms with Crippen LogP contribution in [0.5, 0.6) is 0 Å². The molecule has 0 aromatic carbocycles. The van der Waals surface area contributed by atoms with Crippen LogP contribution >= 0.6 is 7.75 Å². The van der Waals surface area contributed by atoms with Crippen LogP contribution in [0.2, 0.25) is 0 Å². The van der Waals surface area contributed by atoms with E-state index in [0.29, 0.717) is 4.67 Å². The molecule has 0 saturated carbocycles. The van der Waals surface area contributed by atoms with E-state index in [1.54, 1.807) is 0 Å². The Labute approximate surface area is 81.9 Å². The highest BCUT2D eigenvalue weighted by Crippen LogP contribution is 2.49. The summed E-state index contributed by atoms with van der Waals surface area (Å²) in [5, 5.41) is 2.10. The van der Waals surface area contributed by atoms with Gasteiger partial charge in [0, 0.05) is 28.3 Å². The van der Waals surface area contributed by atoms with Crippen LogP contribution in [0, 0.1) is 0 Å². The molecule has 7 nitrogen and oxygen atoms in total. The van der Waals surface area contributed by atoms with Gasteiger partial charge in [-0.2, -0.15) is 0 Å². The van der Waals surface area contributed by atoms with Gasteiger partial charge in [0.1, 0.15) is 0 Å². The number of carbonyl (C=O) groups excluding carboxylic acids is 2. The first-order valence-electron chi connectivity index (χ1n) is 3.64. The molecule has 0 unspecified atom stereocenters. The summed E-state index contributed by atoms with van der Waals surface area (Å²) in [4.78, 5) is 22.1. The van der Waals surface area contributed by atoms with E-state index in [4.69, 9.17) is 0 Å². The largest absolute Gasteiger partial charge is 0.437 e. The highest BCUT2D eigenvalue weighted by atomic mass is 31.2. The van der Waals surface area contributed by atoms with Crippen molar-refractivity contribution in [2.45, 2.75) is 0 Å². The molecule has 14 heavy (non-hydrogen) atoms. The molecule has 0 saturated heterocycles. The number of nitrogens with zero attached hydrogens (tertiary/aromatic N) is 1. The molecule has 0 aromatic rings. The van der Waals surface area contributed by atoms with Gasteiger partial charge in [-0.3, -0.25) is 18.6 Å². The first-order chi connectivity index (χ1) is 6.42. The minimum atomic E-state index is -3.67. The van der Waals surface area contributed by atoms with Gasteiger partial charge in [-0.25, -0.2) is 9.24 Å². The fourth-order valence-corrected chi connectivity index (χ4v) is 1.64. The maximum absolute atomic E-state index is 11.6. The third-order valence-electron chi connectivity index (χ3n) is 1.54. The van der Waals surface area contributed by atoms with Crippen LogP contribution in [-0.2, 0) is 23.2 Å². The summed E-state index contributed by atoms with van der Waals surface area (Å²) in [7, 11) is 1.02. The second-order valence-corrected chi connectivity index (χ2v) is 4.51. The number of rotatable bonds is 3. The lowest BCUT2D eigenvalue weighted by molar-refractivity contribution is -0.142. The molecule has 0 fully saturated rings. The molecular weight excluding hydrogens is 211 g/mol. The molecule has 8 heteroatoms. The minimum Gasteiger partial charge on any atom is -0.351 e. The van der Waals surface area contributed by atoms with E-state index in [1.165, 1.54) is 7.05 Å². The van der Waals surface area contributed by atoms with Gasteiger partial charge in [-0.1, -0.05) is 0 Å². The lowest BCUT2D eigenvalue weighted by Gasteiger charge is -2.22. The summed E-state index contributed by atoms with van der Waals surface area (Å²) in [6.07, 6.45) is 0. The van der Waals surface area contributed by atoms with Crippen LogP contribution in [0.1, 0.15) is 0 Å². The quantitative estimate of drug-likeness (QED) is 0.520. The van der Waals surface area contributed by atoms with Crippen molar-refractivity contribution < 1.29 is 23.2 Å². The molecule has 0 rings (SSSR count). The Morgan fingerprint density at radius 3 is 2.00 bits per heavy atom. The zero-order valence-corrected chi connectivity index (χ0v) is 9.33. The predicted octanol–water partition coefficient (Wildman–Crippen LogP) is -0.408. The van der Waals surface area contributed by atoms with E-state index in [2.05, 4.69) is 14.4 Å². The van der Waals surface area contributed by atoms with E-state index in [0.717, 1.165) is 21.3 Å². The second-order valence-electron chi connectivity index (χ2n) is 2.24. The normalized spacial score (nSPS) is 10.9. The summed E-state index contributed by atoms with van der Waals surface area (Å²) in [5.41, 5.74) is 0. The van der Waals surface area contributed by atoms with Gasteiger partial charge in [0.15, 0.2) is 0 Å². The Morgan fingerprint density at radius 2 is 1.71 bits per heavy atom. The molecule has 0 radical (unpaired) electrons. The van der Waals surface area contributed by atoms with Gasteiger partial charge in [-0.15, -0.1) is 0 Å². The molecule has 0 spiro atoms. The molecule has 2 amide bonds. The smallest absolute Gasteiger partial charge is 0.351 e. The first-order valence-corrected chi connectivity index (χ1v) is 5.14. The minimum absolute atomic E-state index is 0.631. The van der Waals surface area contributed by atoms with Gasteiger partial charge in [-0.05, 0) is 0 Å². The topological polar surface area (TPSA) is 84.9 Å². The lowest BCUT2D eigenvalue weighted by Crippen LogP contribution is -2.38. The molecular formula is C6H13N2O5P. The van der Waals surface area contributed by atoms with Crippen LogP contribution < -0.4 is 5.32 Å². The maximum atomic E-state index is 11.6. The molecule has 0 aliphatic rings. The van der Waals surface area contributed by atoms with Crippen LogP contribution in [0.25, 0.3) is 0 Å². The Morgan fingerprint density at radius 1 is 1.29 bits per heavy atom. The van der Waals surface area contributed by atoms with E-state index < -0.39 is 19.6 Å². The van der Waals surface area contributed by atoms with Crippen LogP contribution in [0.3, 0.4) is 0 Å². The standard InChI is InChI=1S/C6H13N2O5P/c1-7-5(9)6(10)8(2)14(11,12-3)13-4/h1-4H3,(H,7,9). The van der Waals surface area contributed by atoms with E-state index in [9.17, 15) is 14.2 Å². The third-order valence-corrected chi connectivity index (χ3v) is 3.38. The molecule has 0 aliphatic heterocycles. The van der Waals surface area contributed by atoms with Crippen molar-refractivity contribution in [3.63, 3.8) is 0 Å². The van der Waals surface area contributed by atoms with Crippen molar-refractivity contribution in [1.82, 2.24) is 9.99 Å². The number of likely N-dealkylation sites (N-methyl/N-ethyl adjacent to an activating group) is 2. The van der Waals surface area contributed by atoms with Crippen molar-refractivity contribution >= 4 is 19.6 Å². The number of nitrogens with one attached hydrogen (secondary N) is 1. The highest BCUT2D eigenvalue weighted by Gasteiger charge is 2.35. The average Bonchev–Trinajstić information content (AvgIpc) is 2.24. The third kappa shape index (κ3) is 2.54. The zero-order chi connectivity index (χ0) is 11.4. The van der Waals surface area contributed by atoms with Crippen molar-refractivity contribution in [2.75, 3.05) is 28.3 Å². The highest BCUT2D eigenvalue weighted by molar-refractivity contribution is 7.52. The Kier molecular flexibility index (Phi) is 4.76. The van der Waals surface area contributed by atoms with Crippen molar-refractivity contribution in [3.05, 3.63) is 0 Å². The van der Waals surface area contributed by atoms with Gasteiger partial charge in [0.2, 0.25) is 0 Å². The molecule has 0 bridgehead atoms. The predicted molar refractivity (Wildman–Crippen MR) is 48.5 cm³/mol. The van der Waals surface area contributed by atoms with Crippen molar-refractivity contribution in [1.29, 1.82) is 0 Å². The van der Waals surface area contributed by atoms with Crippen molar-refractivity contribution in [3.8, 4) is 0 Å². The molecule has 0 aromatic heterocycles. The monoisotopic (exact) mass is 224 g/mol. The maximum Gasteiger partial charge on any atom is 0.437 e. The fourth-order valence-electron chi connectivity index (χ4n) is 0.685. The molecule has 1 N–H and O–H groups in total. The van der Waals surface area contributed by atoms with Crippen molar-refractivity contribution in [2.24, 2.45) is 0 Å². The van der Waals surface area contributed by atoms with Gasteiger partial charge in [0.25, 0.3) is 0 Å². The number of hydrogen-bond donors (Lipinski definition) is 1. The van der Waals surface area contributed by atoms with Crippen LogP contribution in [-0.4, -0.2) is 44.8 Å². The van der Waals surface area contributed by atoms with Gasteiger partial charge < -0.3 is 5.32 Å². The number of amides is 2. The van der Waals surface area contributed by atoms with E-state index in [1.807, 2.05) is 0 Å². The van der Waals surface area contributed by atoms with Crippen LogP contribution in [0.4, 0.5) is 0 Å². The molecule has 0 aliphatic carbocycles. The van der Waals surface area contributed by atoms with E-state index >= 15 is 0 Å². The fraction of sp³-hybridized carbons (Fsp3) is 0.667. The molecule has 0 atom stereocenters. The summed E-state index contributed by atoms with van der Waals surface area (Å²) in [5.74, 6) is -1.87. The van der Waals surface area contributed by atoms with Gasteiger partial charge >= 0.3 is 19.6 Å². The van der Waals surface area contributed by atoms with Crippen LogP contribution in [0.15, 0.2) is 0 Å². The van der Waals surface area contributed by atoms with Gasteiger partial charge in [0.05, 0.1) is 0 Å². The average molecular weight is 224 g/mol. The summed E-state index contributed by atoms with van der Waals surface area (Å²) >= 11 is 0. The Balaban J connectivity index is 4.77. The zero-order valence-electron chi connectivity index (χ0n) is 8.44. The Bertz CT molecular complexity index is 271. The molecule has 82 valence electrons. The summed E-state index contributed by atoms with van der Waals surface area (Å²) in [6, 6.07) is 0.